The number of ether oxygens (including phenoxy) is 1. The van der Waals surface area contributed by atoms with E-state index in [9.17, 15) is 4.79 Å². The molecule has 0 saturated carbocycles. The molecule has 0 bridgehead atoms. The van der Waals surface area contributed by atoms with Gasteiger partial charge >= 0.3 is 0 Å². The third kappa shape index (κ3) is 5.01. The molecule has 3 heterocycles. The second-order valence-electron chi connectivity index (χ2n) is 10.1. The second kappa shape index (κ2) is 10.2. The summed E-state index contributed by atoms with van der Waals surface area (Å²) in [6, 6.07) is 21.0. The molecule has 2 fully saturated rings. The first kappa shape index (κ1) is 23.0. The van der Waals surface area contributed by atoms with E-state index in [1.807, 2.05) is 18.3 Å². The first-order valence-corrected chi connectivity index (χ1v) is 12.6. The summed E-state index contributed by atoms with van der Waals surface area (Å²) >= 11 is 0. The van der Waals surface area contributed by atoms with Crippen LogP contribution in [0.5, 0.6) is 0 Å². The lowest BCUT2D eigenvalue weighted by Crippen LogP contribution is -2.50. The first-order chi connectivity index (χ1) is 16.6. The largest absolute Gasteiger partial charge is 0.381 e. The van der Waals surface area contributed by atoms with Gasteiger partial charge in [-0.2, -0.15) is 0 Å². The van der Waals surface area contributed by atoms with Gasteiger partial charge in [0.1, 0.15) is 0 Å². The molecule has 0 unspecified atom stereocenters. The minimum atomic E-state index is -0.367. The van der Waals surface area contributed by atoms with Crippen LogP contribution in [0.3, 0.4) is 0 Å². The molecule has 0 N–H and O–H groups in total. The number of para-hydroxylation sites is 1. The van der Waals surface area contributed by atoms with E-state index in [-0.39, 0.29) is 5.41 Å². The highest BCUT2D eigenvalue weighted by Crippen LogP contribution is 2.37. The molecule has 2 aliphatic rings. The highest BCUT2D eigenvalue weighted by molar-refractivity contribution is 5.83. The van der Waals surface area contributed by atoms with Gasteiger partial charge < -0.3 is 14.5 Å². The van der Waals surface area contributed by atoms with Gasteiger partial charge in [0, 0.05) is 51.0 Å². The molecule has 0 spiro atoms. The van der Waals surface area contributed by atoms with Crippen LogP contribution in [0.15, 0.2) is 66.9 Å². The Hall–Kier alpha value is -2.76. The number of nitrogens with zero attached hydrogens (tertiary/aromatic N) is 3. The fourth-order valence-corrected chi connectivity index (χ4v) is 5.79. The van der Waals surface area contributed by atoms with Crippen LogP contribution in [0.4, 0.5) is 0 Å². The summed E-state index contributed by atoms with van der Waals surface area (Å²) in [4.78, 5) is 23.4. The van der Waals surface area contributed by atoms with Crippen molar-refractivity contribution in [2.45, 2.75) is 25.7 Å². The average molecular weight is 458 g/mol. The lowest BCUT2D eigenvalue weighted by Gasteiger charge is -2.40. The van der Waals surface area contributed by atoms with E-state index in [1.165, 1.54) is 16.5 Å². The van der Waals surface area contributed by atoms with Crippen molar-refractivity contribution in [3.63, 3.8) is 0 Å². The summed E-state index contributed by atoms with van der Waals surface area (Å²) < 4.78 is 5.70. The van der Waals surface area contributed by atoms with Crippen LogP contribution in [0.25, 0.3) is 10.9 Å². The molecule has 0 radical (unpaired) electrons. The van der Waals surface area contributed by atoms with Crippen LogP contribution in [-0.2, 0) is 22.4 Å². The number of rotatable bonds is 5. The van der Waals surface area contributed by atoms with Crippen molar-refractivity contribution in [3.8, 4) is 0 Å². The SMILES string of the molecule is CN1CCN(C(=O)C2(Cc3ccccc3)CCOCC2)C[C@@H](Cc2cccc3cccnc23)C1. The van der Waals surface area contributed by atoms with Crippen molar-refractivity contribution in [1.29, 1.82) is 0 Å². The fraction of sp³-hybridized carbons (Fsp3) is 0.448. The van der Waals surface area contributed by atoms with Gasteiger partial charge in [0.05, 0.1) is 10.9 Å². The molecular formula is C29H35N3O2. The first-order valence-electron chi connectivity index (χ1n) is 12.6. The van der Waals surface area contributed by atoms with Gasteiger partial charge in [-0.3, -0.25) is 9.78 Å². The minimum absolute atomic E-state index is 0.316. The lowest BCUT2D eigenvalue weighted by molar-refractivity contribution is -0.148. The maximum absolute atomic E-state index is 14.2. The molecule has 5 rings (SSSR count). The molecule has 1 atom stereocenters. The number of benzene rings is 2. The van der Waals surface area contributed by atoms with Gasteiger partial charge in [0.15, 0.2) is 0 Å². The number of fused-ring (bicyclic) bond motifs is 1. The second-order valence-corrected chi connectivity index (χ2v) is 10.1. The maximum atomic E-state index is 14.2. The summed E-state index contributed by atoms with van der Waals surface area (Å²) in [6.07, 6.45) is 5.19. The third-order valence-electron chi connectivity index (χ3n) is 7.60. The highest BCUT2D eigenvalue weighted by Gasteiger charge is 2.43. The molecule has 34 heavy (non-hydrogen) atoms. The number of hydrogen-bond donors (Lipinski definition) is 0. The van der Waals surface area contributed by atoms with Gasteiger partial charge in [-0.15, -0.1) is 0 Å². The number of pyridine rings is 1. The summed E-state index contributed by atoms with van der Waals surface area (Å²) in [5.41, 5.74) is 3.23. The van der Waals surface area contributed by atoms with Gasteiger partial charge in [0.2, 0.25) is 5.91 Å². The molecule has 1 aromatic heterocycles. The van der Waals surface area contributed by atoms with Gasteiger partial charge in [-0.1, -0.05) is 54.6 Å². The zero-order valence-electron chi connectivity index (χ0n) is 20.2. The quantitative estimate of drug-likeness (QED) is 0.576. The minimum Gasteiger partial charge on any atom is -0.381 e. The Morgan fingerprint density at radius 2 is 1.79 bits per heavy atom. The topological polar surface area (TPSA) is 45.7 Å². The molecule has 5 nitrogen and oxygen atoms in total. The van der Waals surface area contributed by atoms with E-state index >= 15 is 0 Å². The standard InChI is InChI=1S/C29H35N3O2/c1-31-15-16-32(22-24(21-31)19-26-10-5-9-25-11-6-14-30-27(25)26)28(33)29(12-17-34-18-13-29)20-23-7-3-2-4-8-23/h2-11,14,24H,12-13,15-22H2,1H3/t24-/m0/s1. The average Bonchev–Trinajstić information content (AvgIpc) is 3.06. The van der Waals surface area contributed by atoms with Crippen molar-refractivity contribution in [2.75, 3.05) is 46.4 Å². The number of carbonyl (C=O) groups is 1. The van der Waals surface area contributed by atoms with Crippen molar-refractivity contribution < 1.29 is 9.53 Å². The van der Waals surface area contributed by atoms with Crippen molar-refractivity contribution >= 4 is 16.8 Å². The van der Waals surface area contributed by atoms with E-state index < -0.39 is 0 Å². The van der Waals surface area contributed by atoms with Gasteiger partial charge in [-0.05, 0) is 55.8 Å². The molecule has 5 heteroatoms. The molecular weight excluding hydrogens is 422 g/mol. The molecule has 0 aliphatic carbocycles. The molecule has 2 saturated heterocycles. The maximum Gasteiger partial charge on any atom is 0.229 e. The van der Waals surface area contributed by atoms with Crippen molar-refractivity contribution in [3.05, 3.63) is 78.0 Å². The van der Waals surface area contributed by atoms with E-state index in [0.717, 1.165) is 57.4 Å². The lowest BCUT2D eigenvalue weighted by atomic mass is 9.74. The Balaban J connectivity index is 1.39. The highest BCUT2D eigenvalue weighted by atomic mass is 16.5. The van der Waals surface area contributed by atoms with Crippen LogP contribution in [0, 0.1) is 11.3 Å². The van der Waals surface area contributed by atoms with Crippen molar-refractivity contribution in [1.82, 2.24) is 14.8 Å². The normalized spacial score (nSPS) is 21.3. The molecule has 2 aromatic carbocycles. The van der Waals surface area contributed by atoms with Crippen molar-refractivity contribution in [2.24, 2.45) is 11.3 Å². The Kier molecular flexibility index (Phi) is 6.93. The fourth-order valence-electron chi connectivity index (χ4n) is 5.79. The summed E-state index contributed by atoms with van der Waals surface area (Å²) in [6.45, 7) is 4.81. The summed E-state index contributed by atoms with van der Waals surface area (Å²) in [7, 11) is 2.18. The Bertz CT molecular complexity index is 1110. The van der Waals surface area contributed by atoms with E-state index in [0.29, 0.717) is 25.0 Å². The van der Waals surface area contributed by atoms with Crippen LogP contribution in [-0.4, -0.2) is 67.1 Å². The predicted molar refractivity (Wildman–Crippen MR) is 136 cm³/mol. The summed E-state index contributed by atoms with van der Waals surface area (Å²) in [5, 5.41) is 1.18. The number of hydrogen-bond acceptors (Lipinski definition) is 4. The zero-order chi connectivity index (χ0) is 23.4. The van der Waals surface area contributed by atoms with Crippen LogP contribution in [0.1, 0.15) is 24.0 Å². The Morgan fingerprint density at radius 1 is 1.00 bits per heavy atom. The zero-order valence-corrected chi connectivity index (χ0v) is 20.2. The Morgan fingerprint density at radius 3 is 2.62 bits per heavy atom. The van der Waals surface area contributed by atoms with Gasteiger partial charge in [0.25, 0.3) is 0 Å². The summed E-state index contributed by atoms with van der Waals surface area (Å²) in [5.74, 6) is 0.689. The van der Waals surface area contributed by atoms with E-state index in [2.05, 4.69) is 70.4 Å². The number of amides is 1. The predicted octanol–water partition coefficient (Wildman–Crippen LogP) is 4.21. The third-order valence-corrected chi connectivity index (χ3v) is 7.60. The van der Waals surface area contributed by atoms with E-state index in [1.54, 1.807) is 0 Å². The number of carbonyl (C=O) groups excluding carboxylic acids is 1. The molecule has 1 amide bonds. The van der Waals surface area contributed by atoms with Crippen LogP contribution in [0.2, 0.25) is 0 Å². The van der Waals surface area contributed by atoms with Crippen LogP contribution < -0.4 is 0 Å². The number of likely N-dealkylation sites (N-methyl/N-ethyl adjacent to an activating group) is 1. The molecule has 3 aromatic rings. The number of aromatic nitrogens is 1. The Labute approximate surface area is 202 Å². The van der Waals surface area contributed by atoms with Gasteiger partial charge in [-0.25, -0.2) is 0 Å². The smallest absolute Gasteiger partial charge is 0.229 e. The van der Waals surface area contributed by atoms with E-state index in [4.69, 9.17) is 4.74 Å². The monoisotopic (exact) mass is 457 g/mol. The van der Waals surface area contributed by atoms with Crippen LogP contribution >= 0.6 is 0 Å². The molecule has 178 valence electrons. The molecule has 2 aliphatic heterocycles.